The van der Waals surface area contributed by atoms with Gasteiger partial charge in [0.05, 0.1) is 17.2 Å². The number of ketones is 2. The van der Waals surface area contributed by atoms with Gasteiger partial charge in [0.15, 0.2) is 23.5 Å². The number of aliphatic hydroxyl groups excluding tert-OH is 2. The minimum Gasteiger partial charge on any atom is -0.508 e. The molecule has 4 rings (SSSR count). The van der Waals surface area contributed by atoms with Crippen LogP contribution in [0.5, 0.6) is 5.75 Å². The molecule has 0 aliphatic heterocycles. The SMILES string of the molecule is CN(C)c1cc(C=O)c(O)c2c1C[C@H]1C[C@H]3[C@H](N(C)C)C(O)C(C(N)=O)C(=O)[C@@]3(O)C(O)=C1C2=O. The highest BCUT2D eigenvalue weighted by Gasteiger charge is 2.66. The minimum absolute atomic E-state index is 0.0290. The minimum atomic E-state index is -2.64. The van der Waals surface area contributed by atoms with Crippen LogP contribution >= 0.6 is 0 Å². The van der Waals surface area contributed by atoms with E-state index in [1.54, 1.807) is 38.0 Å². The standard InChI is InChI=1S/C24H29N3O8/c1-26(2)13-7-10(8-28)18(29)15-11(13)5-9-6-12-17(27(3)4)20(31)16(23(25)34)22(33)24(12,35)21(32)14(9)19(15)30/h7-9,12,16-17,20,29,31-32,35H,5-6H2,1-4H3,(H2,25,34)/t9-,12-,16?,17-,20?,24-/m0/s1. The summed E-state index contributed by atoms with van der Waals surface area (Å²) in [5, 5.41) is 44.5. The topological polar surface area (TPSA) is 182 Å². The number of carbonyl (C=O) groups excluding carboxylic acids is 4. The van der Waals surface area contributed by atoms with Crippen LogP contribution in [-0.4, -0.2) is 95.0 Å². The van der Waals surface area contributed by atoms with E-state index in [2.05, 4.69) is 0 Å². The number of Topliss-reactive ketones (excluding diaryl/α,β-unsaturated/α-hetero) is 2. The van der Waals surface area contributed by atoms with Gasteiger partial charge in [-0.05, 0) is 44.5 Å². The summed E-state index contributed by atoms with van der Waals surface area (Å²) in [6.07, 6.45) is -0.929. The van der Waals surface area contributed by atoms with E-state index >= 15 is 0 Å². The number of nitrogens with zero attached hydrogens (tertiary/aromatic N) is 2. The van der Waals surface area contributed by atoms with Crippen molar-refractivity contribution in [3.8, 4) is 5.75 Å². The third-order valence-electron chi connectivity index (χ3n) is 7.71. The fourth-order valence-corrected chi connectivity index (χ4v) is 6.16. The lowest BCUT2D eigenvalue weighted by Crippen LogP contribution is -2.71. The number of nitrogens with two attached hydrogens (primary N) is 1. The van der Waals surface area contributed by atoms with Gasteiger partial charge in [-0.1, -0.05) is 0 Å². The van der Waals surface area contributed by atoms with Crippen molar-refractivity contribution in [2.75, 3.05) is 33.1 Å². The predicted molar refractivity (Wildman–Crippen MR) is 123 cm³/mol. The van der Waals surface area contributed by atoms with Crippen LogP contribution in [-0.2, 0) is 16.0 Å². The summed E-state index contributed by atoms with van der Waals surface area (Å²) in [6.45, 7) is 0. The Bertz CT molecular complexity index is 1190. The molecule has 2 unspecified atom stereocenters. The first-order valence-corrected chi connectivity index (χ1v) is 11.2. The number of aromatic hydroxyl groups is 1. The molecular formula is C24H29N3O8. The molecule has 0 spiro atoms. The van der Waals surface area contributed by atoms with E-state index in [1.165, 1.54) is 6.07 Å². The molecule has 6 atom stereocenters. The van der Waals surface area contributed by atoms with Crippen molar-refractivity contribution in [1.29, 1.82) is 0 Å². The number of carbonyl (C=O) groups is 4. The van der Waals surface area contributed by atoms with Gasteiger partial charge < -0.3 is 36.0 Å². The first-order chi connectivity index (χ1) is 16.3. The monoisotopic (exact) mass is 487 g/mol. The largest absolute Gasteiger partial charge is 0.508 e. The van der Waals surface area contributed by atoms with E-state index < -0.39 is 64.5 Å². The number of primary amides is 1. The molecule has 0 radical (unpaired) electrons. The number of hydrogen-bond acceptors (Lipinski definition) is 10. The third kappa shape index (κ3) is 3.22. The molecule has 1 aromatic carbocycles. The van der Waals surface area contributed by atoms with Crippen molar-refractivity contribution in [3.05, 3.63) is 34.1 Å². The molecule has 1 fully saturated rings. The molecule has 35 heavy (non-hydrogen) atoms. The summed E-state index contributed by atoms with van der Waals surface area (Å²) in [6, 6.07) is 0.533. The number of phenolic OH excluding ortho intramolecular Hbond substituents is 1. The number of rotatable bonds is 4. The molecule has 1 aromatic rings. The molecule has 0 saturated heterocycles. The second-order valence-electron chi connectivity index (χ2n) is 9.99. The lowest BCUT2D eigenvalue weighted by atomic mass is 9.56. The number of benzene rings is 1. The lowest BCUT2D eigenvalue weighted by molar-refractivity contribution is -0.178. The van der Waals surface area contributed by atoms with E-state index in [0.29, 0.717) is 17.5 Å². The molecule has 1 saturated carbocycles. The van der Waals surface area contributed by atoms with Crippen LogP contribution in [0.1, 0.15) is 32.7 Å². The Morgan fingerprint density at radius 2 is 1.83 bits per heavy atom. The van der Waals surface area contributed by atoms with Gasteiger partial charge in [0.1, 0.15) is 17.4 Å². The van der Waals surface area contributed by atoms with E-state index in [4.69, 9.17) is 5.73 Å². The number of likely N-dealkylation sites (N-methyl/N-ethyl adjacent to an activating group) is 1. The number of hydrogen-bond donors (Lipinski definition) is 5. The number of allylic oxidation sites excluding steroid dienone is 1. The lowest BCUT2D eigenvalue weighted by Gasteiger charge is -2.53. The Balaban J connectivity index is 1.98. The van der Waals surface area contributed by atoms with Crippen LogP contribution in [0.25, 0.3) is 0 Å². The van der Waals surface area contributed by atoms with Crippen LogP contribution < -0.4 is 10.6 Å². The summed E-state index contributed by atoms with van der Waals surface area (Å²) < 4.78 is 0. The molecule has 3 aliphatic rings. The summed E-state index contributed by atoms with van der Waals surface area (Å²) in [5.74, 6) is -8.13. The zero-order chi connectivity index (χ0) is 26.1. The quantitative estimate of drug-likeness (QED) is 0.265. The number of aldehydes is 1. The number of phenols is 1. The second kappa shape index (κ2) is 8.14. The summed E-state index contributed by atoms with van der Waals surface area (Å²) in [5.41, 5.74) is 3.16. The first-order valence-electron chi connectivity index (χ1n) is 11.2. The molecule has 188 valence electrons. The number of fused-ring (bicyclic) bond motifs is 3. The van der Waals surface area contributed by atoms with E-state index in [-0.39, 0.29) is 29.5 Å². The molecule has 11 heteroatoms. The van der Waals surface area contributed by atoms with Crippen LogP contribution in [0.2, 0.25) is 0 Å². The summed E-state index contributed by atoms with van der Waals surface area (Å²) >= 11 is 0. The molecule has 3 aliphatic carbocycles. The zero-order valence-corrected chi connectivity index (χ0v) is 19.8. The third-order valence-corrected chi connectivity index (χ3v) is 7.71. The number of amides is 1. The Labute approximate surface area is 201 Å². The second-order valence-corrected chi connectivity index (χ2v) is 9.99. The number of anilines is 1. The first kappa shape index (κ1) is 24.8. The molecule has 6 N–H and O–H groups in total. The highest BCUT2D eigenvalue weighted by molar-refractivity contribution is 6.17. The van der Waals surface area contributed by atoms with Crippen molar-refractivity contribution in [2.24, 2.45) is 23.5 Å². The summed E-state index contributed by atoms with van der Waals surface area (Å²) in [7, 11) is 6.64. The van der Waals surface area contributed by atoms with Gasteiger partial charge >= 0.3 is 0 Å². The van der Waals surface area contributed by atoms with Crippen molar-refractivity contribution < 1.29 is 39.6 Å². The van der Waals surface area contributed by atoms with Crippen LogP contribution in [0.15, 0.2) is 17.4 Å². The van der Waals surface area contributed by atoms with E-state index in [1.807, 2.05) is 0 Å². The maximum atomic E-state index is 13.7. The highest BCUT2D eigenvalue weighted by Crippen LogP contribution is 2.53. The maximum Gasteiger partial charge on any atom is 0.230 e. The van der Waals surface area contributed by atoms with Gasteiger partial charge in [0, 0.05) is 37.3 Å². The van der Waals surface area contributed by atoms with Crippen molar-refractivity contribution in [2.45, 2.75) is 30.6 Å². The maximum absolute atomic E-state index is 13.7. The average Bonchev–Trinajstić information content (AvgIpc) is 2.75. The predicted octanol–water partition coefficient (Wildman–Crippen LogP) is -0.836. The fourth-order valence-electron chi connectivity index (χ4n) is 6.16. The van der Waals surface area contributed by atoms with Crippen molar-refractivity contribution in [3.63, 3.8) is 0 Å². The average molecular weight is 488 g/mol. The van der Waals surface area contributed by atoms with Gasteiger partial charge in [-0.3, -0.25) is 19.2 Å². The van der Waals surface area contributed by atoms with Gasteiger partial charge in [-0.15, -0.1) is 0 Å². The molecule has 11 nitrogen and oxygen atoms in total. The normalized spacial score (nSPS) is 32.1. The van der Waals surface area contributed by atoms with Gasteiger partial charge in [0.2, 0.25) is 5.91 Å². The summed E-state index contributed by atoms with van der Waals surface area (Å²) in [4.78, 5) is 53.8. The molecular weight excluding hydrogens is 458 g/mol. The van der Waals surface area contributed by atoms with Crippen molar-refractivity contribution in [1.82, 2.24) is 4.90 Å². The molecule has 1 amide bonds. The highest BCUT2D eigenvalue weighted by atomic mass is 16.3. The fraction of sp³-hybridized carbons (Fsp3) is 0.500. The number of aliphatic hydroxyl groups is 3. The van der Waals surface area contributed by atoms with E-state index in [0.717, 1.165) is 0 Å². The molecule has 0 aromatic heterocycles. The van der Waals surface area contributed by atoms with Gasteiger partial charge in [-0.25, -0.2) is 0 Å². The smallest absolute Gasteiger partial charge is 0.230 e. The Kier molecular flexibility index (Phi) is 5.78. The van der Waals surface area contributed by atoms with Crippen molar-refractivity contribution >= 4 is 29.4 Å². The Morgan fingerprint density at radius 3 is 2.34 bits per heavy atom. The van der Waals surface area contributed by atoms with Crippen LogP contribution in [0, 0.1) is 17.8 Å². The molecule has 0 heterocycles. The van der Waals surface area contributed by atoms with Crippen LogP contribution in [0.3, 0.4) is 0 Å². The van der Waals surface area contributed by atoms with E-state index in [9.17, 15) is 39.6 Å². The Morgan fingerprint density at radius 1 is 1.20 bits per heavy atom. The zero-order valence-electron chi connectivity index (χ0n) is 19.8. The Hall–Kier alpha value is -3.28. The molecule has 0 bridgehead atoms. The van der Waals surface area contributed by atoms with Gasteiger partial charge in [-0.2, -0.15) is 0 Å². The van der Waals surface area contributed by atoms with Crippen LogP contribution in [0.4, 0.5) is 5.69 Å². The van der Waals surface area contributed by atoms with Gasteiger partial charge in [0.25, 0.3) is 0 Å².